The third-order valence-electron chi connectivity index (χ3n) is 1.63. The summed E-state index contributed by atoms with van der Waals surface area (Å²) in [6.45, 7) is 4.05. The minimum atomic E-state index is -0.0145. The van der Waals surface area contributed by atoms with Gasteiger partial charge in [0.2, 0.25) is 0 Å². The van der Waals surface area contributed by atoms with E-state index in [1.165, 1.54) is 0 Å². The van der Waals surface area contributed by atoms with Gasteiger partial charge in [0.05, 0.1) is 0 Å². The molecule has 0 aromatic carbocycles. The Bertz CT molecular complexity index is 191. The van der Waals surface area contributed by atoms with E-state index < -0.39 is 0 Å². The van der Waals surface area contributed by atoms with Gasteiger partial charge in [-0.25, -0.2) is 0 Å². The van der Waals surface area contributed by atoms with Crippen LogP contribution in [0.4, 0.5) is 0 Å². The Hall–Kier alpha value is -0.790. The Balaban J connectivity index is 2.83. The summed E-state index contributed by atoms with van der Waals surface area (Å²) in [6.07, 6.45) is 3.06. The zero-order valence-electron chi connectivity index (χ0n) is 6.48. The van der Waals surface area contributed by atoms with Crippen molar-refractivity contribution in [2.75, 3.05) is 0 Å². The van der Waals surface area contributed by atoms with Gasteiger partial charge in [0.15, 0.2) is 0 Å². The van der Waals surface area contributed by atoms with E-state index in [0.29, 0.717) is 12.8 Å². The second-order valence-corrected chi connectivity index (χ2v) is 3.60. The van der Waals surface area contributed by atoms with Crippen LogP contribution < -0.4 is 5.73 Å². The fourth-order valence-corrected chi connectivity index (χ4v) is 1.40. The maximum atomic E-state index is 11.0. The lowest BCUT2D eigenvalue weighted by atomic mass is 9.81. The molecule has 0 amide bonds. The van der Waals surface area contributed by atoms with Crippen molar-refractivity contribution in [2.24, 2.45) is 11.1 Å². The smallest absolute Gasteiger partial charge is 0.139 e. The molecular formula is C8H13NO. The fraction of sp³-hybridized carbons (Fsp3) is 0.625. The third kappa shape index (κ3) is 1.59. The van der Waals surface area contributed by atoms with Gasteiger partial charge in [-0.3, -0.25) is 4.79 Å². The minimum Gasteiger partial charge on any atom is -0.402 e. The first-order valence-electron chi connectivity index (χ1n) is 3.48. The summed E-state index contributed by atoms with van der Waals surface area (Å²) in [7, 11) is 0. The molecule has 1 aliphatic rings. The molecule has 2 nitrogen and oxygen atoms in total. The van der Waals surface area contributed by atoms with Gasteiger partial charge >= 0.3 is 0 Å². The molecular weight excluding hydrogens is 126 g/mol. The summed E-state index contributed by atoms with van der Waals surface area (Å²) in [4.78, 5) is 11.0. The first kappa shape index (κ1) is 7.32. The highest BCUT2D eigenvalue weighted by Crippen LogP contribution is 2.28. The number of hydrogen-bond donors (Lipinski definition) is 1. The molecule has 1 aliphatic carbocycles. The molecule has 0 radical (unpaired) electrons. The molecule has 0 saturated carbocycles. The summed E-state index contributed by atoms with van der Waals surface area (Å²) >= 11 is 0. The summed E-state index contributed by atoms with van der Waals surface area (Å²) in [6, 6.07) is 0. The van der Waals surface area contributed by atoms with Gasteiger partial charge in [-0.2, -0.15) is 0 Å². The van der Waals surface area contributed by atoms with E-state index in [1.54, 1.807) is 0 Å². The first-order chi connectivity index (χ1) is 4.49. The van der Waals surface area contributed by atoms with Crippen LogP contribution in [0.3, 0.4) is 0 Å². The molecule has 0 aromatic heterocycles. The van der Waals surface area contributed by atoms with Gasteiger partial charge in [0.25, 0.3) is 0 Å². The number of ketones is 1. The summed E-state index contributed by atoms with van der Waals surface area (Å²) in [5.74, 6) is 0.255. The normalized spacial score (nSPS) is 24.2. The molecule has 0 aliphatic heterocycles. The molecule has 2 heteroatoms. The van der Waals surface area contributed by atoms with Crippen LogP contribution in [0.1, 0.15) is 26.7 Å². The van der Waals surface area contributed by atoms with Crippen molar-refractivity contribution in [3.8, 4) is 0 Å². The number of hydrogen-bond acceptors (Lipinski definition) is 2. The van der Waals surface area contributed by atoms with Crippen molar-refractivity contribution in [3.63, 3.8) is 0 Å². The summed E-state index contributed by atoms with van der Waals surface area (Å²) < 4.78 is 0. The van der Waals surface area contributed by atoms with E-state index in [-0.39, 0.29) is 11.2 Å². The number of nitrogens with two attached hydrogens (primary N) is 1. The lowest BCUT2D eigenvalue weighted by Gasteiger charge is -2.24. The van der Waals surface area contributed by atoms with Crippen molar-refractivity contribution in [1.29, 1.82) is 0 Å². The molecule has 10 heavy (non-hydrogen) atoms. The Morgan fingerprint density at radius 2 is 2.20 bits per heavy atom. The van der Waals surface area contributed by atoms with Crippen molar-refractivity contribution in [2.45, 2.75) is 26.7 Å². The van der Waals surface area contributed by atoms with Crippen LogP contribution in [0, 0.1) is 5.41 Å². The molecule has 0 aromatic rings. The van der Waals surface area contributed by atoms with Crippen LogP contribution in [0.2, 0.25) is 0 Å². The van der Waals surface area contributed by atoms with E-state index >= 15 is 0 Å². The largest absolute Gasteiger partial charge is 0.402 e. The molecule has 0 atom stereocenters. The maximum absolute atomic E-state index is 11.0. The van der Waals surface area contributed by atoms with Gasteiger partial charge in [0, 0.05) is 18.5 Å². The maximum Gasteiger partial charge on any atom is 0.139 e. The molecule has 0 spiro atoms. The summed E-state index contributed by atoms with van der Waals surface area (Å²) in [5, 5.41) is 0. The molecule has 1 rings (SSSR count). The second-order valence-electron chi connectivity index (χ2n) is 3.60. The van der Waals surface area contributed by atoms with Crippen LogP contribution in [-0.4, -0.2) is 5.78 Å². The molecule has 0 unspecified atom stereocenters. The monoisotopic (exact) mass is 139 g/mol. The quantitative estimate of drug-likeness (QED) is 0.548. The summed E-state index contributed by atoms with van der Waals surface area (Å²) in [5.41, 5.74) is 6.25. The van der Waals surface area contributed by atoms with Crippen LogP contribution in [0.15, 0.2) is 11.8 Å². The van der Waals surface area contributed by atoms with Crippen LogP contribution >= 0.6 is 0 Å². The highest BCUT2D eigenvalue weighted by atomic mass is 16.1. The topological polar surface area (TPSA) is 43.1 Å². The van der Waals surface area contributed by atoms with Crippen molar-refractivity contribution >= 4 is 5.78 Å². The Morgan fingerprint density at radius 1 is 1.60 bits per heavy atom. The SMILES string of the molecule is CC1(C)C=C(N)CC(=O)C1. The third-order valence-corrected chi connectivity index (χ3v) is 1.63. The average molecular weight is 139 g/mol. The molecule has 0 fully saturated rings. The van der Waals surface area contributed by atoms with Gasteiger partial charge < -0.3 is 5.73 Å². The van der Waals surface area contributed by atoms with Crippen molar-refractivity contribution in [3.05, 3.63) is 11.8 Å². The van der Waals surface area contributed by atoms with E-state index in [1.807, 2.05) is 19.9 Å². The van der Waals surface area contributed by atoms with E-state index in [2.05, 4.69) is 0 Å². The molecule has 0 saturated heterocycles. The number of Topliss-reactive ketones (excluding diaryl/α,β-unsaturated/α-hetero) is 1. The molecule has 0 bridgehead atoms. The van der Waals surface area contributed by atoms with Gasteiger partial charge in [0.1, 0.15) is 5.78 Å². The van der Waals surface area contributed by atoms with Crippen molar-refractivity contribution in [1.82, 2.24) is 0 Å². The number of carbonyl (C=O) groups excluding carboxylic acids is 1. The Morgan fingerprint density at radius 3 is 2.60 bits per heavy atom. The van der Waals surface area contributed by atoms with Crippen LogP contribution in [0.25, 0.3) is 0 Å². The highest BCUT2D eigenvalue weighted by molar-refractivity contribution is 5.82. The molecule has 0 heterocycles. The zero-order chi connectivity index (χ0) is 7.78. The number of carbonyl (C=O) groups is 1. The Labute approximate surface area is 61.1 Å². The predicted octanol–water partition coefficient (Wildman–Crippen LogP) is 1.22. The van der Waals surface area contributed by atoms with E-state index in [4.69, 9.17) is 5.73 Å². The highest BCUT2D eigenvalue weighted by Gasteiger charge is 2.24. The second kappa shape index (κ2) is 2.11. The molecule has 56 valence electrons. The number of rotatable bonds is 0. The minimum absolute atomic E-state index is 0.0145. The first-order valence-corrected chi connectivity index (χ1v) is 3.48. The van der Waals surface area contributed by atoms with Crippen molar-refractivity contribution < 1.29 is 4.79 Å². The van der Waals surface area contributed by atoms with E-state index in [9.17, 15) is 4.79 Å². The lowest BCUT2D eigenvalue weighted by Crippen LogP contribution is -2.23. The van der Waals surface area contributed by atoms with Gasteiger partial charge in [-0.1, -0.05) is 19.9 Å². The van der Waals surface area contributed by atoms with Gasteiger partial charge in [-0.15, -0.1) is 0 Å². The number of allylic oxidation sites excluding steroid dienone is 2. The molecule has 2 N–H and O–H groups in total. The van der Waals surface area contributed by atoms with Crippen LogP contribution in [0.5, 0.6) is 0 Å². The zero-order valence-corrected chi connectivity index (χ0v) is 6.48. The fourth-order valence-electron chi connectivity index (χ4n) is 1.40. The van der Waals surface area contributed by atoms with Crippen LogP contribution in [-0.2, 0) is 4.79 Å². The van der Waals surface area contributed by atoms with E-state index in [0.717, 1.165) is 5.70 Å². The lowest BCUT2D eigenvalue weighted by molar-refractivity contribution is -0.120. The Kier molecular flexibility index (Phi) is 1.55. The average Bonchev–Trinajstić information content (AvgIpc) is 1.54. The van der Waals surface area contributed by atoms with Gasteiger partial charge in [-0.05, 0) is 5.41 Å². The standard InChI is InChI=1S/C8H13NO/c1-8(2)4-6(9)3-7(10)5-8/h4H,3,5,9H2,1-2H3. The predicted molar refractivity (Wildman–Crippen MR) is 40.3 cm³/mol.